The van der Waals surface area contributed by atoms with E-state index in [1.54, 1.807) is 0 Å². The van der Waals surface area contributed by atoms with Crippen LogP contribution in [0.5, 0.6) is 0 Å². The molecule has 1 saturated heterocycles. The van der Waals surface area contributed by atoms with Crippen LogP contribution in [0, 0.1) is 0 Å². The standard InChI is InChI=1S/C12H17NO2/c14-8-11-6-7-12(15,9-13-11)10-4-2-1-3-5-10/h1-5,11,13-15H,6-9H2/t11-,12-/m1/s1. The average Bonchev–Trinajstić information content (AvgIpc) is 2.31. The SMILES string of the molecule is OC[C@H]1CC[C@](O)(c2ccccc2)CN1. The molecule has 2 rings (SSSR count). The lowest BCUT2D eigenvalue weighted by molar-refractivity contribution is -0.00385. The van der Waals surface area contributed by atoms with Crippen molar-refractivity contribution >= 4 is 0 Å². The molecule has 1 aliphatic heterocycles. The smallest absolute Gasteiger partial charge is 0.102 e. The number of aliphatic hydroxyl groups is 2. The van der Waals surface area contributed by atoms with Crippen LogP contribution in [0.1, 0.15) is 18.4 Å². The molecule has 3 heteroatoms. The van der Waals surface area contributed by atoms with Crippen LogP contribution in [0.25, 0.3) is 0 Å². The van der Waals surface area contributed by atoms with Gasteiger partial charge in [-0.05, 0) is 18.4 Å². The van der Waals surface area contributed by atoms with Crippen molar-refractivity contribution in [2.75, 3.05) is 13.2 Å². The number of rotatable bonds is 2. The maximum Gasteiger partial charge on any atom is 0.102 e. The van der Waals surface area contributed by atoms with Crippen molar-refractivity contribution in [3.63, 3.8) is 0 Å². The molecule has 0 amide bonds. The summed E-state index contributed by atoms with van der Waals surface area (Å²) >= 11 is 0. The Kier molecular flexibility index (Phi) is 3.05. The molecule has 1 fully saturated rings. The lowest BCUT2D eigenvalue weighted by Crippen LogP contribution is -2.49. The lowest BCUT2D eigenvalue weighted by Gasteiger charge is -2.36. The molecule has 3 nitrogen and oxygen atoms in total. The molecule has 3 N–H and O–H groups in total. The molecule has 1 heterocycles. The largest absolute Gasteiger partial charge is 0.395 e. The molecule has 1 aliphatic rings. The van der Waals surface area contributed by atoms with Crippen LogP contribution in [0.3, 0.4) is 0 Å². The first kappa shape index (κ1) is 10.6. The van der Waals surface area contributed by atoms with Gasteiger partial charge in [-0.25, -0.2) is 0 Å². The van der Waals surface area contributed by atoms with Gasteiger partial charge in [0, 0.05) is 12.6 Å². The maximum absolute atomic E-state index is 10.4. The van der Waals surface area contributed by atoms with E-state index in [0.29, 0.717) is 13.0 Å². The van der Waals surface area contributed by atoms with Crippen molar-refractivity contribution in [1.82, 2.24) is 5.32 Å². The molecule has 0 unspecified atom stereocenters. The van der Waals surface area contributed by atoms with Gasteiger partial charge in [0.15, 0.2) is 0 Å². The molecule has 0 saturated carbocycles. The second-order valence-corrected chi connectivity index (χ2v) is 4.20. The summed E-state index contributed by atoms with van der Waals surface area (Å²) in [6, 6.07) is 9.84. The van der Waals surface area contributed by atoms with Crippen LogP contribution in [0.2, 0.25) is 0 Å². The van der Waals surface area contributed by atoms with Crippen molar-refractivity contribution in [2.24, 2.45) is 0 Å². The Labute approximate surface area is 89.8 Å². The summed E-state index contributed by atoms with van der Waals surface area (Å²) < 4.78 is 0. The molecule has 1 aromatic carbocycles. The predicted molar refractivity (Wildman–Crippen MR) is 58.4 cm³/mol. The quantitative estimate of drug-likeness (QED) is 0.666. The van der Waals surface area contributed by atoms with E-state index in [1.165, 1.54) is 0 Å². The fourth-order valence-corrected chi connectivity index (χ4v) is 2.07. The van der Waals surface area contributed by atoms with E-state index in [0.717, 1.165) is 12.0 Å². The molecule has 0 radical (unpaired) electrons. The molecule has 0 aliphatic carbocycles. The second kappa shape index (κ2) is 4.31. The number of nitrogens with one attached hydrogen (secondary N) is 1. The number of hydrogen-bond acceptors (Lipinski definition) is 3. The average molecular weight is 207 g/mol. The number of aliphatic hydroxyl groups excluding tert-OH is 1. The summed E-state index contributed by atoms with van der Waals surface area (Å²) in [4.78, 5) is 0. The summed E-state index contributed by atoms with van der Waals surface area (Å²) in [6.45, 7) is 0.660. The molecule has 0 aromatic heterocycles. The molecule has 15 heavy (non-hydrogen) atoms. The van der Waals surface area contributed by atoms with Gasteiger partial charge in [0.1, 0.15) is 5.60 Å². The monoisotopic (exact) mass is 207 g/mol. The van der Waals surface area contributed by atoms with Crippen molar-refractivity contribution < 1.29 is 10.2 Å². The Bertz CT molecular complexity index is 305. The maximum atomic E-state index is 10.4. The molecule has 0 spiro atoms. The van der Waals surface area contributed by atoms with Gasteiger partial charge in [0.05, 0.1) is 6.61 Å². The van der Waals surface area contributed by atoms with Gasteiger partial charge >= 0.3 is 0 Å². The normalized spacial score (nSPS) is 31.5. The van der Waals surface area contributed by atoms with Gasteiger partial charge in [-0.15, -0.1) is 0 Å². The van der Waals surface area contributed by atoms with Crippen LogP contribution < -0.4 is 5.32 Å². The number of hydrogen-bond donors (Lipinski definition) is 3. The summed E-state index contributed by atoms with van der Waals surface area (Å²) in [5.74, 6) is 0. The summed E-state index contributed by atoms with van der Waals surface area (Å²) in [5.41, 5.74) is 0.182. The zero-order valence-electron chi connectivity index (χ0n) is 8.69. The number of β-amino-alcohol motifs (C(OH)–C–C–N with tert-alkyl or cyclic N) is 1. The van der Waals surface area contributed by atoms with Crippen molar-refractivity contribution in [3.8, 4) is 0 Å². The van der Waals surface area contributed by atoms with Crippen LogP contribution >= 0.6 is 0 Å². The summed E-state index contributed by atoms with van der Waals surface area (Å²) in [6.07, 6.45) is 1.51. The van der Waals surface area contributed by atoms with Gasteiger partial charge in [0.2, 0.25) is 0 Å². The highest BCUT2D eigenvalue weighted by molar-refractivity contribution is 5.23. The fraction of sp³-hybridized carbons (Fsp3) is 0.500. The third kappa shape index (κ3) is 2.20. The Hall–Kier alpha value is -0.900. The van der Waals surface area contributed by atoms with E-state index in [1.807, 2.05) is 30.3 Å². The molecular weight excluding hydrogens is 190 g/mol. The summed E-state index contributed by atoms with van der Waals surface area (Å²) in [7, 11) is 0. The van der Waals surface area contributed by atoms with Gasteiger partial charge in [0.25, 0.3) is 0 Å². The van der Waals surface area contributed by atoms with E-state index < -0.39 is 5.60 Å². The van der Waals surface area contributed by atoms with Crippen LogP contribution in [0.4, 0.5) is 0 Å². The third-order valence-electron chi connectivity index (χ3n) is 3.12. The van der Waals surface area contributed by atoms with Gasteiger partial charge in [-0.3, -0.25) is 0 Å². The van der Waals surface area contributed by atoms with Crippen molar-refractivity contribution in [2.45, 2.75) is 24.5 Å². The Balaban J connectivity index is 2.10. The minimum atomic E-state index is -0.771. The minimum absolute atomic E-state index is 0.133. The molecule has 0 bridgehead atoms. The zero-order chi connectivity index (χ0) is 10.7. The van der Waals surface area contributed by atoms with Gasteiger partial charge in [-0.2, -0.15) is 0 Å². The highest BCUT2D eigenvalue weighted by Gasteiger charge is 2.33. The first-order valence-corrected chi connectivity index (χ1v) is 5.37. The van der Waals surface area contributed by atoms with Crippen molar-refractivity contribution in [3.05, 3.63) is 35.9 Å². The highest BCUT2D eigenvalue weighted by Crippen LogP contribution is 2.29. The molecular formula is C12H17NO2. The van der Waals surface area contributed by atoms with Crippen molar-refractivity contribution in [1.29, 1.82) is 0 Å². The summed E-state index contributed by atoms with van der Waals surface area (Å²) in [5, 5.41) is 22.6. The fourth-order valence-electron chi connectivity index (χ4n) is 2.07. The predicted octanol–water partition coefficient (Wildman–Crippen LogP) is 0.618. The van der Waals surface area contributed by atoms with E-state index in [9.17, 15) is 5.11 Å². The van der Waals surface area contributed by atoms with Crippen LogP contribution in [-0.2, 0) is 5.60 Å². The number of benzene rings is 1. The topological polar surface area (TPSA) is 52.5 Å². The second-order valence-electron chi connectivity index (χ2n) is 4.20. The Morgan fingerprint density at radius 2 is 2.07 bits per heavy atom. The van der Waals surface area contributed by atoms with E-state index >= 15 is 0 Å². The first-order chi connectivity index (χ1) is 7.24. The Morgan fingerprint density at radius 3 is 2.60 bits per heavy atom. The van der Waals surface area contributed by atoms with Crippen LogP contribution in [0.15, 0.2) is 30.3 Å². The third-order valence-corrected chi connectivity index (χ3v) is 3.12. The Morgan fingerprint density at radius 1 is 1.33 bits per heavy atom. The van der Waals surface area contributed by atoms with Gasteiger partial charge in [-0.1, -0.05) is 30.3 Å². The molecule has 82 valence electrons. The zero-order valence-corrected chi connectivity index (χ0v) is 8.69. The first-order valence-electron chi connectivity index (χ1n) is 5.37. The highest BCUT2D eigenvalue weighted by atomic mass is 16.3. The molecule has 1 aromatic rings. The van der Waals surface area contributed by atoms with Gasteiger partial charge < -0.3 is 15.5 Å². The van der Waals surface area contributed by atoms with Crippen LogP contribution in [-0.4, -0.2) is 29.4 Å². The van der Waals surface area contributed by atoms with E-state index in [2.05, 4.69) is 5.32 Å². The minimum Gasteiger partial charge on any atom is -0.395 e. The molecule has 2 atom stereocenters. The number of piperidine rings is 1. The van der Waals surface area contributed by atoms with E-state index in [-0.39, 0.29) is 12.6 Å². The lowest BCUT2D eigenvalue weighted by atomic mass is 9.84. The van der Waals surface area contributed by atoms with E-state index in [4.69, 9.17) is 5.11 Å².